The molecule has 1 N–H and O–H groups in total. The first-order chi connectivity index (χ1) is 14.2. The molecule has 0 fully saturated rings. The molecule has 0 amide bonds. The van der Waals surface area contributed by atoms with E-state index < -0.39 is 0 Å². The monoisotopic (exact) mass is 517 g/mol. The van der Waals surface area contributed by atoms with Crippen molar-refractivity contribution in [2.45, 2.75) is 45.4 Å². The van der Waals surface area contributed by atoms with Crippen LogP contribution < -0.4 is 5.32 Å². The van der Waals surface area contributed by atoms with Gasteiger partial charge < -0.3 is 5.32 Å². The SMILES string of the molecule is CCCCCCCCNc1ccc(N=Nc2ncc(Br)cc2Br)c2ncccc12. The van der Waals surface area contributed by atoms with Gasteiger partial charge in [0.1, 0.15) is 5.69 Å². The van der Waals surface area contributed by atoms with Crippen molar-refractivity contribution in [3.8, 4) is 0 Å². The second-order valence-electron chi connectivity index (χ2n) is 6.89. The Morgan fingerprint density at radius 3 is 2.62 bits per heavy atom. The van der Waals surface area contributed by atoms with E-state index in [9.17, 15) is 0 Å². The van der Waals surface area contributed by atoms with Gasteiger partial charge in [-0.1, -0.05) is 39.0 Å². The third kappa shape index (κ3) is 6.31. The van der Waals surface area contributed by atoms with Crippen LogP contribution in [0.4, 0.5) is 17.2 Å². The summed E-state index contributed by atoms with van der Waals surface area (Å²) >= 11 is 6.86. The number of anilines is 1. The second-order valence-corrected chi connectivity index (χ2v) is 8.66. The van der Waals surface area contributed by atoms with E-state index in [0.29, 0.717) is 5.82 Å². The maximum Gasteiger partial charge on any atom is 0.188 e. The Kier molecular flexibility index (Phi) is 8.55. The molecule has 7 heteroatoms. The lowest BCUT2D eigenvalue weighted by molar-refractivity contribution is 0.617. The molecule has 0 unspecified atom stereocenters. The highest BCUT2D eigenvalue weighted by Crippen LogP contribution is 2.32. The summed E-state index contributed by atoms with van der Waals surface area (Å²) in [5.41, 5.74) is 2.64. The lowest BCUT2D eigenvalue weighted by Gasteiger charge is -2.10. The van der Waals surface area contributed by atoms with E-state index in [-0.39, 0.29) is 0 Å². The van der Waals surface area contributed by atoms with Gasteiger partial charge >= 0.3 is 0 Å². The Bertz CT molecular complexity index is 975. The predicted octanol–water partition coefficient (Wildman–Crippen LogP) is 8.34. The first-order valence-corrected chi connectivity index (χ1v) is 11.6. The zero-order valence-corrected chi connectivity index (χ0v) is 19.7. The summed E-state index contributed by atoms with van der Waals surface area (Å²) in [6, 6.07) is 9.92. The Labute approximate surface area is 188 Å². The van der Waals surface area contributed by atoms with Crippen molar-refractivity contribution in [3.63, 3.8) is 0 Å². The Morgan fingerprint density at radius 1 is 0.966 bits per heavy atom. The van der Waals surface area contributed by atoms with Gasteiger partial charge in [0.2, 0.25) is 0 Å². The van der Waals surface area contributed by atoms with Crippen molar-refractivity contribution >= 4 is 60.0 Å². The van der Waals surface area contributed by atoms with E-state index in [4.69, 9.17) is 0 Å². The summed E-state index contributed by atoms with van der Waals surface area (Å²) in [6.45, 7) is 3.21. The van der Waals surface area contributed by atoms with Crippen molar-refractivity contribution in [2.24, 2.45) is 10.2 Å². The van der Waals surface area contributed by atoms with Gasteiger partial charge in [0, 0.05) is 34.5 Å². The number of halogens is 2. The van der Waals surface area contributed by atoms with Crippen molar-refractivity contribution in [3.05, 3.63) is 51.7 Å². The summed E-state index contributed by atoms with van der Waals surface area (Å²) in [4.78, 5) is 8.82. The summed E-state index contributed by atoms with van der Waals surface area (Å²) in [5.74, 6) is 0.530. The third-order valence-corrected chi connectivity index (χ3v) is 5.65. The van der Waals surface area contributed by atoms with Crippen LogP contribution in [0.1, 0.15) is 45.4 Å². The molecule has 0 atom stereocenters. The van der Waals surface area contributed by atoms with Crippen molar-refractivity contribution in [1.82, 2.24) is 9.97 Å². The summed E-state index contributed by atoms with van der Waals surface area (Å²) in [7, 11) is 0. The van der Waals surface area contributed by atoms with Crippen LogP contribution in [0.25, 0.3) is 10.9 Å². The van der Waals surface area contributed by atoms with Crippen LogP contribution in [0.3, 0.4) is 0 Å². The standard InChI is InChI=1S/C22H25Br2N5/c1-2-3-4-5-6-7-12-25-19-10-11-20(21-17(19)9-8-13-26-21)28-29-22-18(24)14-16(23)15-27-22/h8-11,13-15,25H,2-7,12H2,1H3. The molecule has 0 saturated heterocycles. The number of fused-ring (bicyclic) bond motifs is 1. The van der Waals surface area contributed by atoms with E-state index >= 15 is 0 Å². The molecule has 0 radical (unpaired) electrons. The summed E-state index contributed by atoms with van der Waals surface area (Å²) < 4.78 is 1.67. The first-order valence-electron chi connectivity index (χ1n) is 10.0. The number of aromatic nitrogens is 2. The van der Waals surface area contributed by atoms with Gasteiger partial charge in [-0.15, -0.1) is 10.2 Å². The van der Waals surface area contributed by atoms with E-state index in [2.05, 4.69) is 76.4 Å². The van der Waals surface area contributed by atoms with E-state index in [1.54, 1.807) is 12.4 Å². The van der Waals surface area contributed by atoms with Crippen LogP contribution in [0.15, 0.2) is 61.9 Å². The maximum absolute atomic E-state index is 4.54. The summed E-state index contributed by atoms with van der Waals surface area (Å²) in [5, 5.41) is 13.3. The Hall–Kier alpha value is -1.86. The maximum atomic E-state index is 4.54. The van der Waals surface area contributed by atoms with Crippen molar-refractivity contribution < 1.29 is 0 Å². The number of pyridine rings is 2. The Balaban J connectivity index is 1.71. The number of nitrogens with one attached hydrogen (secondary N) is 1. The highest BCUT2D eigenvalue weighted by Gasteiger charge is 2.07. The smallest absolute Gasteiger partial charge is 0.188 e. The van der Waals surface area contributed by atoms with Gasteiger partial charge in [-0.05, 0) is 68.6 Å². The van der Waals surface area contributed by atoms with E-state index in [1.807, 2.05) is 18.2 Å². The molecular weight excluding hydrogens is 494 g/mol. The van der Waals surface area contributed by atoms with Gasteiger partial charge in [-0.25, -0.2) is 4.98 Å². The van der Waals surface area contributed by atoms with Crippen molar-refractivity contribution in [2.75, 3.05) is 11.9 Å². The average Bonchev–Trinajstić information content (AvgIpc) is 2.73. The number of azo groups is 1. The molecule has 0 bridgehead atoms. The highest BCUT2D eigenvalue weighted by molar-refractivity contribution is 9.11. The molecule has 5 nitrogen and oxygen atoms in total. The van der Waals surface area contributed by atoms with Gasteiger partial charge in [-0.3, -0.25) is 4.98 Å². The molecule has 2 heterocycles. The highest BCUT2D eigenvalue weighted by atomic mass is 79.9. The van der Waals surface area contributed by atoms with Crippen LogP contribution in [0, 0.1) is 0 Å². The van der Waals surface area contributed by atoms with Gasteiger partial charge in [0.05, 0.1) is 9.99 Å². The first kappa shape index (κ1) is 21.8. The number of rotatable bonds is 10. The molecule has 29 heavy (non-hydrogen) atoms. The minimum absolute atomic E-state index is 0.530. The quantitative estimate of drug-likeness (QED) is 0.216. The van der Waals surface area contributed by atoms with E-state index in [0.717, 1.165) is 37.8 Å². The molecule has 152 valence electrons. The predicted molar refractivity (Wildman–Crippen MR) is 127 cm³/mol. The number of hydrogen-bond donors (Lipinski definition) is 1. The lowest BCUT2D eigenvalue weighted by Crippen LogP contribution is -2.02. The molecule has 1 aromatic carbocycles. The number of nitrogens with zero attached hydrogens (tertiary/aromatic N) is 4. The Morgan fingerprint density at radius 2 is 1.79 bits per heavy atom. The number of unbranched alkanes of at least 4 members (excludes halogenated alkanes) is 5. The van der Waals surface area contributed by atoms with Crippen LogP contribution in [-0.2, 0) is 0 Å². The van der Waals surface area contributed by atoms with Crippen LogP contribution >= 0.6 is 31.9 Å². The molecule has 0 aliphatic carbocycles. The number of benzene rings is 1. The largest absolute Gasteiger partial charge is 0.384 e. The zero-order valence-electron chi connectivity index (χ0n) is 16.5. The van der Waals surface area contributed by atoms with Crippen LogP contribution in [0.2, 0.25) is 0 Å². The number of hydrogen-bond acceptors (Lipinski definition) is 5. The average molecular weight is 519 g/mol. The fraction of sp³-hybridized carbons (Fsp3) is 0.364. The van der Waals surface area contributed by atoms with E-state index in [1.165, 1.54) is 38.5 Å². The molecule has 0 aliphatic heterocycles. The molecule has 2 aromatic heterocycles. The molecule has 3 aromatic rings. The minimum Gasteiger partial charge on any atom is -0.384 e. The minimum atomic E-state index is 0.530. The fourth-order valence-corrected chi connectivity index (χ4v) is 4.17. The molecule has 3 rings (SSSR count). The van der Waals surface area contributed by atoms with Gasteiger partial charge in [-0.2, -0.15) is 0 Å². The fourth-order valence-electron chi connectivity index (χ4n) is 3.10. The topological polar surface area (TPSA) is 62.5 Å². The molecule has 0 aliphatic rings. The normalized spacial score (nSPS) is 11.4. The summed E-state index contributed by atoms with van der Waals surface area (Å²) in [6.07, 6.45) is 11.2. The molecule has 0 saturated carbocycles. The molecule has 0 spiro atoms. The molecular formula is C22H25Br2N5. The van der Waals surface area contributed by atoms with Crippen LogP contribution in [0.5, 0.6) is 0 Å². The van der Waals surface area contributed by atoms with Gasteiger partial charge in [0.15, 0.2) is 5.82 Å². The lowest BCUT2D eigenvalue weighted by atomic mass is 10.1. The van der Waals surface area contributed by atoms with Gasteiger partial charge in [0.25, 0.3) is 0 Å². The zero-order chi connectivity index (χ0) is 20.5. The van der Waals surface area contributed by atoms with Crippen LogP contribution in [-0.4, -0.2) is 16.5 Å². The third-order valence-electron chi connectivity index (χ3n) is 4.64. The second kappa shape index (κ2) is 11.4. The van der Waals surface area contributed by atoms with Crippen molar-refractivity contribution in [1.29, 1.82) is 0 Å².